The molecule has 4 heteroatoms. The van der Waals surface area contributed by atoms with Gasteiger partial charge in [-0.15, -0.1) is 0 Å². The zero-order valence-corrected chi connectivity index (χ0v) is 14.2. The number of para-hydroxylation sites is 2. The van der Waals surface area contributed by atoms with Crippen molar-refractivity contribution in [2.24, 2.45) is 0 Å². The lowest BCUT2D eigenvalue weighted by Gasteiger charge is -2.07. The summed E-state index contributed by atoms with van der Waals surface area (Å²) in [6.07, 6.45) is 1.59. The van der Waals surface area contributed by atoms with Gasteiger partial charge in [-0.25, -0.2) is 0 Å². The maximum atomic E-state index is 13.0. The molecule has 3 aromatic rings. The SMILES string of the molecule is CCOc1ccccc1C=C(C#N)C(=O)c1c(C)[nH]c2ccccc12. The molecule has 0 aliphatic rings. The van der Waals surface area contributed by atoms with Gasteiger partial charge in [0.1, 0.15) is 17.4 Å². The van der Waals surface area contributed by atoms with Gasteiger partial charge in [-0.1, -0.05) is 36.4 Å². The van der Waals surface area contributed by atoms with Gasteiger partial charge in [-0.2, -0.15) is 5.26 Å². The minimum absolute atomic E-state index is 0.0833. The highest BCUT2D eigenvalue weighted by Crippen LogP contribution is 2.27. The van der Waals surface area contributed by atoms with Gasteiger partial charge in [0.15, 0.2) is 0 Å². The van der Waals surface area contributed by atoms with E-state index >= 15 is 0 Å². The van der Waals surface area contributed by atoms with Gasteiger partial charge in [0.05, 0.1) is 12.2 Å². The van der Waals surface area contributed by atoms with Crippen LogP contribution in [0.25, 0.3) is 17.0 Å². The van der Waals surface area contributed by atoms with Crippen LogP contribution in [0.1, 0.15) is 28.5 Å². The molecular formula is C21H18N2O2. The number of nitrogens with one attached hydrogen (secondary N) is 1. The summed E-state index contributed by atoms with van der Waals surface area (Å²) in [5.74, 6) is 0.366. The van der Waals surface area contributed by atoms with Crippen molar-refractivity contribution in [3.05, 3.63) is 70.9 Å². The molecular weight excluding hydrogens is 312 g/mol. The van der Waals surface area contributed by atoms with Crippen molar-refractivity contribution in [3.63, 3.8) is 0 Å². The van der Waals surface area contributed by atoms with Gasteiger partial charge in [-0.05, 0) is 32.1 Å². The molecule has 3 rings (SSSR count). The second-order valence-electron chi connectivity index (χ2n) is 5.64. The smallest absolute Gasteiger partial charge is 0.205 e. The van der Waals surface area contributed by atoms with Crippen LogP contribution in [0.5, 0.6) is 5.75 Å². The first kappa shape index (κ1) is 16.5. The number of hydrogen-bond donors (Lipinski definition) is 1. The molecule has 1 aromatic heterocycles. The van der Waals surface area contributed by atoms with Crippen molar-refractivity contribution in [1.82, 2.24) is 4.98 Å². The van der Waals surface area contributed by atoms with Crippen molar-refractivity contribution >= 4 is 22.8 Å². The van der Waals surface area contributed by atoms with Crippen molar-refractivity contribution < 1.29 is 9.53 Å². The average Bonchev–Trinajstić information content (AvgIpc) is 2.96. The Morgan fingerprint density at radius 2 is 1.92 bits per heavy atom. The third kappa shape index (κ3) is 3.17. The number of H-pyrrole nitrogens is 1. The van der Waals surface area contributed by atoms with Crippen LogP contribution in [0.4, 0.5) is 0 Å². The van der Waals surface area contributed by atoms with Gasteiger partial charge >= 0.3 is 0 Å². The largest absolute Gasteiger partial charge is 0.493 e. The summed E-state index contributed by atoms with van der Waals surface area (Å²) in [6.45, 7) is 4.25. The highest BCUT2D eigenvalue weighted by atomic mass is 16.5. The number of aromatic amines is 1. The number of aromatic nitrogens is 1. The van der Waals surface area contributed by atoms with Crippen LogP contribution >= 0.6 is 0 Å². The highest BCUT2D eigenvalue weighted by molar-refractivity contribution is 6.20. The topological polar surface area (TPSA) is 65.9 Å². The summed E-state index contributed by atoms with van der Waals surface area (Å²) in [7, 11) is 0. The van der Waals surface area contributed by atoms with Gasteiger partial charge in [-0.3, -0.25) is 4.79 Å². The molecule has 0 aliphatic heterocycles. The predicted octanol–water partition coefficient (Wildman–Crippen LogP) is 4.66. The number of hydrogen-bond acceptors (Lipinski definition) is 3. The molecule has 2 aromatic carbocycles. The lowest BCUT2D eigenvalue weighted by atomic mass is 9.99. The van der Waals surface area contributed by atoms with E-state index < -0.39 is 0 Å². The lowest BCUT2D eigenvalue weighted by Crippen LogP contribution is -2.03. The molecule has 0 radical (unpaired) electrons. The van der Waals surface area contributed by atoms with Crippen molar-refractivity contribution in [2.45, 2.75) is 13.8 Å². The number of ketones is 1. The van der Waals surface area contributed by atoms with E-state index in [2.05, 4.69) is 4.98 Å². The number of aryl methyl sites for hydroxylation is 1. The van der Waals surface area contributed by atoms with Crippen LogP contribution in [-0.2, 0) is 0 Å². The zero-order valence-electron chi connectivity index (χ0n) is 14.2. The van der Waals surface area contributed by atoms with E-state index in [0.29, 0.717) is 23.5 Å². The maximum absolute atomic E-state index is 13.0. The van der Waals surface area contributed by atoms with E-state index in [4.69, 9.17) is 4.74 Å². The summed E-state index contributed by atoms with van der Waals surface area (Å²) in [6, 6.07) is 17.0. The Balaban J connectivity index is 2.08. The number of nitrogens with zero attached hydrogens (tertiary/aromatic N) is 1. The molecule has 25 heavy (non-hydrogen) atoms. The summed E-state index contributed by atoms with van der Waals surface area (Å²) >= 11 is 0. The number of rotatable bonds is 5. The Hall–Kier alpha value is -3.32. The Kier molecular flexibility index (Phi) is 4.67. The van der Waals surface area contributed by atoms with E-state index in [9.17, 15) is 10.1 Å². The summed E-state index contributed by atoms with van der Waals surface area (Å²) in [4.78, 5) is 16.2. The second-order valence-corrected chi connectivity index (χ2v) is 5.64. The molecule has 0 saturated heterocycles. The summed E-state index contributed by atoms with van der Waals surface area (Å²) in [5, 5.41) is 10.4. The molecule has 0 amide bonds. The lowest BCUT2D eigenvalue weighted by molar-refractivity contribution is 0.104. The molecule has 0 aliphatic carbocycles. The third-order valence-electron chi connectivity index (χ3n) is 4.00. The summed E-state index contributed by atoms with van der Waals surface area (Å²) < 4.78 is 5.58. The molecule has 0 atom stereocenters. The van der Waals surface area contributed by atoms with Crippen molar-refractivity contribution in [3.8, 4) is 11.8 Å². The normalized spacial score (nSPS) is 11.3. The Bertz CT molecular complexity index is 1010. The van der Waals surface area contributed by atoms with E-state index in [1.165, 1.54) is 0 Å². The van der Waals surface area contributed by atoms with E-state index in [1.54, 1.807) is 6.08 Å². The number of carbonyl (C=O) groups excluding carboxylic acids is 1. The van der Waals surface area contributed by atoms with E-state index in [1.807, 2.05) is 68.4 Å². The zero-order chi connectivity index (χ0) is 17.8. The molecule has 0 saturated carbocycles. The standard InChI is InChI=1S/C21H18N2O2/c1-3-25-19-11-7-4-8-15(19)12-16(13-22)21(24)20-14(2)23-18-10-6-5-9-17(18)20/h4-12,23H,3H2,1-2H3. The first-order valence-electron chi connectivity index (χ1n) is 8.11. The Morgan fingerprint density at radius 3 is 2.68 bits per heavy atom. The molecule has 0 fully saturated rings. The van der Waals surface area contributed by atoms with Crippen LogP contribution in [0.2, 0.25) is 0 Å². The van der Waals surface area contributed by atoms with Crippen LogP contribution in [0.3, 0.4) is 0 Å². The fourth-order valence-electron chi connectivity index (χ4n) is 2.89. The van der Waals surface area contributed by atoms with Crippen molar-refractivity contribution in [1.29, 1.82) is 5.26 Å². The number of fused-ring (bicyclic) bond motifs is 1. The fraction of sp³-hybridized carbons (Fsp3) is 0.143. The second kappa shape index (κ2) is 7.06. The average molecular weight is 330 g/mol. The number of ether oxygens (including phenoxy) is 1. The predicted molar refractivity (Wildman–Crippen MR) is 98.6 cm³/mol. The number of nitriles is 1. The molecule has 1 N–H and O–H groups in total. The van der Waals surface area contributed by atoms with Crippen molar-refractivity contribution in [2.75, 3.05) is 6.61 Å². The maximum Gasteiger partial charge on any atom is 0.205 e. The van der Waals surface area contributed by atoms with Crippen LogP contribution in [0.15, 0.2) is 54.1 Å². The first-order valence-corrected chi connectivity index (χ1v) is 8.11. The molecule has 4 nitrogen and oxygen atoms in total. The van der Waals surface area contributed by atoms with Gasteiger partial charge in [0.2, 0.25) is 5.78 Å². The minimum Gasteiger partial charge on any atom is -0.493 e. The van der Waals surface area contributed by atoms with Gasteiger partial charge in [0, 0.05) is 22.2 Å². The first-order chi connectivity index (χ1) is 12.2. The fourth-order valence-corrected chi connectivity index (χ4v) is 2.89. The Morgan fingerprint density at radius 1 is 1.20 bits per heavy atom. The number of Topliss-reactive ketones (excluding diaryl/α,β-unsaturated/α-hetero) is 1. The monoisotopic (exact) mass is 330 g/mol. The molecule has 1 heterocycles. The van der Waals surface area contributed by atoms with Gasteiger partial charge in [0.25, 0.3) is 0 Å². The molecule has 0 bridgehead atoms. The Labute approximate surface area is 146 Å². The van der Waals surface area contributed by atoms with Crippen LogP contribution < -0.4 is 4.74 Å². The molecule has 0 unspecified atom stereocenters. The minimum atomic E-state index is -0.288. The summed E-state index contributed by atoms with van der Waals surface area (Å²) in [5.41, 5.74) is 2.98. The van der Waals surface area contributed by atoms with E-state index in [0.717, 1.165) is 16.6 Å². The highest BCUT2D eigenvalue weighted by Gasteiger charge is 2.20. The van der Waals surface area contributed by atoms with Crippen LogP contribution in [0, 0.1) is 18.3 Å². The van der Waals surface area contributed by atoms with Gasteiger partial charge < -0.3 is 9.72 Å². The number of benzene rings is 2. The third-order valence-corrected chi connectivity index (χ3v) is 4.00. The molecule has 0 spiro atoms. The number of allylic oxidation sites excluding steroid dienone is 1. The van der Waals surface area contributed by atoms with Crippen LogP contribution in [-0.4, -0.2) is 17.4 Å². The van der Waals surface area contributed by atoms with E-state index in [-0.39, 0.29) is 11.4 Å². The molecule has 124 valence electrons. The quantitative estimate of drug-likeness (QED) is 0.420. The number of carbonyl (C=O) groups is 1.